The number of hydrogen-bond acceptors (Lipinski definition) is 3. The van der Waals surface area contributed by atoms with Crippen LogP contribution in [0.1, 0.15) is 56.9 Å². The van der Waals surface area contributed by atoms with Gasteiger partial charge in [0, 0.05) is 36.6 Å². The summed E-state index contributed by atoms with van der Waals surface area (Å²) in [4.78, 5) is 24.5. The van der Waals surface area contributed by atoms with Gasteiger partial charge in [0.2, 0.25) is 11.8 Å². The molecule has 1 aromatic carbocycles. The van der Waals surface area contributed by atoms with E-state index in [0.717, 1.165) is 31.2 Å². The Morgan fingerprint density at radius 3 is 2.54 bits per heavy atom. The largest absolute Gasteiger partial charge is 0.381 e. The van der Waals surface area contributed by atoms with E-state index < -0.39 is 0 Å². The average Bonchev–Trinajstić information content (AvgIpc) is 2.72. The minimum Gasteiger partial charge on any atom is -0.381 e. The maximum Gasteiger partial charge on any atom is 0.239 e. The number of hydrogen-bond donors (Lipinski definition) is 2. The van der Waals surface area contributed by atoms with Crippen LogP contribution in [0, 0.1) is 5.92 Å². The third-order valence-corrected chi connectivity index (χ3v) is 6.39. The Labute approximate surface area is 172 Å². The summed E-state index contributed by atoms with van der Waals surface area (Å²) in [5.41, 5.74) is 0.954. The summed E-state index contributed by atoms with van der Waals surface area (Å²) in [6, 6.07) is 7.85. The van der Waals surface area contributed by atoms with Gasteiger partial charge in [-0.1, -0.05) is 43.0 Å². The quantitative estimate of drug-likeness (QED) is 0.727. The Bertz CT molecular complexity index is 668. The van der Waals surface area contributed by atoms with Gasteiger partial charge in [-0.2, -0.15) is 0 Å². The zero-order valence-corrected chi connectivity index (χ0v) is 17.2. The lowest BCUT2D eigenvalue weighted by molar-refractivity contribution is -0.127. The molecule has 2 N–H and O–H groups in total. The van der Waals surface area contributed by atoms with Crippen LogP contribution in [0.2, 0.25) is 5.02 Å². The van der Waals surface area contributed by atoms with Gasteiger partial charge in [-0.25, -0.2) is 0 Å². The SMILES string of the molecule is O=C(CNC(=O)CC1CCCCC1)NCC1(c2cccc(Cl)c2)CCOCC1. The fourth-order valence-corrected chi connectivity index (χ4v) is 4.57. The van der Waals surface area contributed by atoms with Crippen LogP contribution in [0.4, 0.5) is 0 Å². The van der Waals surface area contributed by atoms with Crippen LogP contribution >= 0.6 is 11.6 Å². The highest BCUT2D eigenvalue weighted by Gasteiger charge is 2.35. The molecule has 2 aliphatic rings. The van der Waals surface area contributed by atoms with Crippen LogP contribution in [0.25, 0.3) is 0 Å². The van der Waals surface area contributed by atoms with Gasteiger partial charge < -0.3 is 15.4 Å². The lowest BCUT2D eigenvalue weighted by Gasteiger charge is -2.38. The first-order chi connectivity index (χ1) is 13.6. The summed E-state index contributed by atoms with van der Waals surface area (Å²) in [7, 11) is 0. The molecule has 28 heavy (non-hydrogen) atoms. The van der Waals surface area contributed by atoms with Gasteiger partial charge in [0.1, 0.15) is 0 Å². The number of halogens is 1. The van der Waals surface area contributed by atoms with Gasteiger partial charge in [0.25, 0.3) is 0 Å². The van der Waals surface area contributed by atoms with Crippen molar-refractivity contribution in [3.05, 3.63) is 34.9 Å². The van der Waals surface area contributed by atoms with E-state index in [1.807, 2.05) is 18.2 Å². The molecule has 0 spiro atoms. The third-order valence-electron chi connectivity index (χ3n) is 6.16. The molecule has 154 valence electrons. The van der Waals surface area contributed by atoms with Crippen molar-refractivity contribution < 1.29 is 14.3 Å². The minimum absolute atomic E-state index is 0.0160. The molecule has 3 rings (SSSR count). The molecule has 1 aliphatic heterocycles. The van der Waals surface area contributed by atoms with E-state index in [9.17, 15) is 9.59 Å². The van der Waals surface area contributed by atoms with Crippen molar-refractivity contribution >= 4 is 23.4 Å². The van der Waals surface area contributed by atoms with Crippen LogP contribution in [-0.4, -0.2) is 38.1 Å². The lowest BCUT2D eigenvalue weighted by Crippen LogP contribution is -2.47. The molecule has 0 atom stereocenters. The number of nitrogens with one attached hydrogen (secondary N) is 2. The normalized spacial score (nSPS) is 19.8. The number of rotatable bonds is 7. The van der Waals surface area contributed by atoms with E-state index in [1.165, 1.54) is 19.3 Å². The Hall–Kier alpha value is -1.59. The van der Waals surface area contributed by atoms with E-state index in [2.05, 4.69) is 16.7 Å². The molecule has 5 nitrogen and oxygen atoms in total. The van der Waals surface area contributed by atoms with Crippen molar-refractivity contribution in [1.82, 2.24) is 10.6 Å². The summed E-state index contributed by atoms with van der Waals surface area (Å²) in [6.07, 6.45) is 8.18. The number of amides is 2. The molecule has 1 aromatic rings. The predicted molar refractivity (Wildman–Crippen MR) is 110 cm³/mol. The highest BCUT2D eigenvalue weighted by molar-refractivity contribution is 6.30. The Balaban J connectivity index is 1.49. The van der Waals surface area contributed by atoms with Crippen molar-refractivity contribution in [1.29, 1.82) is 0 Å². The molecule has 1 heterocycles. The van der Waals surface area contributed by atoms with Gasteiger partial charge in [-0.3, -0.25) is 9.59 Å². The van der Waals surface area contributed by atoms with E-state index in [0.29, 0.717) is 37.1 Å². The zero-order chi connectivity index (χ0) is 19.8. The number of ether oxygens (including phenoxy) is 1. The molecule has 1 saturated carbocycles. The minimum atomic E-state index is -0.176. The smallest absolute Gasteiger partial charge is 0.239 e. The van der Waals surface area contributed by atoms with Crippen LogP contribution < -0.4 is 10.6 Å². The summed E-state index contributed by atoms with van der Waals surface area (Å²) in [5.74, 6) is 0.313. The molecule has 2 amide bonds. The molecule has 0 aromatic heterocycles. The summed E-state index contributed by atoms with van der Waals surface area (Å²) < 4.78 is 5.53. The van der Waals surface area contributed by atoms with Crippen molar-refractivity contribution in [3.8, 4) is 0 Å². The van der Waals surface area contributed by atoms with Crippen molar-refractivity contribution in [2.45, 2.75) is 56.8 Å². The molecule has 6 heteroatoms. The first-order valence-corrected chi connectivity index (χ1v) is 10.8. The predicted octanol–water partition coefficient (Wildman–Crippen LogP) is 3.59. The van der Waals surface area contributed by atoms with Gasteiger partial charge in [-0.05, 0) is 49.3 Å². The number of benzene rings is 1. The molecule has 1 aliphatic carbocycles. The Kier molecular flexibility index (Phi) is 7.74. The topological polar surface area (TPSA) is 67.4 Å². The Morgan fingerprint density at radius 2 is 1.82 bits per heavy atom. The fraction of sp³-hybridized carbons (Fsp3) is 0.636. The highest BCUT2D eigenvalue weighted by atomic mass is 35.5. The molecular formula is C22H31ClN2O3. The summed E-state index contributed by atoms with van der Waals surface area (Å²) in [6.45, 7) is 1.89. The summed E-state index contributed by atoms with van der Waals surface area (Å²) in [5, 5.41) is 6.50. The van der Waals surface area contributed by atoms with E-state index in [-0.39, 0.29) is 23.8 Å². The third kappa shape index (κ3) is 5.95. The second-order valence-electron chi connectivity index (χ2n) is 8.16. The van der Waals surface area contributed by atoms with Crippen LogP contribution in [0.5, 0.6) is 0 Å². The fourth-order valence-electron chi connectivity index (χ4n) is 4.38. The molecule has 2 fully saturated rings. The second-order valence-corrected chi connectivity index (χ2v) is 8.60. The van der Waals surface area contributed by atoms with Gasteiger partial charge in [0.05, 0.1) is 6.54 Å². The maximum absolute atomic E-state index is 12.3. The van der Waals surface area contributed by atoms with E-state index in [1.54, 1.807) is 0 Å². The molecule has 0 bridgehead atoms. The zero-order valence-electron chi connectivity index (χ0n) is 16.5. The lowest BCUT2D eigenvalue weighted by atomic mass is 9.74. The van der Waals surface area contributed by atoms with E-state index in [4.69, 9.17) is 16.3 Å². The van der Waals surface area contributed by atoms with Crippen LogP contribution in [0.15, 0.2) is 24.3 Å². The number of carbonyl (C=O) groups is 2. The maximum atomic E-state index is 12.3. The van der Waals surface area contributed by atoms with Crippen LogP contribution in [0.3, 0.4) is 0 Å². The second kappa shape index (κ2) is 10.3. The Morgan fingerprint density at radius 1 is 1.07 bits per heavy atom. The highest BCUT2D eigenvalue weighted by Crippen LogP contribution is 2.35. The standard InChI is InChI=1S/C22H31ClN2O3/c23-19-8-4-7-18(14-19)22(9-11-28-12-10-22)16-25-21(27)15-24-20(26)13-17-5-2-1-3-6-17/h4,7-8,14,17H,1-3,5-6,9-13,15-16H2,(H,24,26)(H,25,27). The molecule has 0 radical (unpaired) electrons. The average molecular weight is 407 g/mol. The van der Waals surface area contributed by atoms with E-state index >= 15 is 0 Å². The monoisotopic (exact) mass is 406 g/mol. The number of carbonyl (C=O) groups excluding carboxylic acids is 2. The van der Waals surface area contributed by atoms with Gasteiger partial charge >= 0.3 is 0 Å². The first kappa shape index (κ1) is 21.1. The van der Waals surface area contributed by atoms with Crippen molar-refractivity contribution in [3.63, 3.8) is 0 Å². The van der Waals surface area contributed by atoms with Crippen LogP contribution in [-0.2, 0) is 19.7 Å². The summed E-state index contributed by atoms with van der Waals surface area (Å²) >= 11 is 6.19. The first-order valence-electron chi connectivity index (χ1n) is 10.4. The van der Waals surface area contributed by atoms with Crippen molar-refractivity contribution in [2.24, 2.45) is 5.92 Å². The van der Waals surface area contributed by atoms with Crippen molar-refractivity contribution in [2.75, 3.05) is 26.3 Å². The molecular weight excluding hydrogens is 376 g/mol. The van der Waals surface area contributed by atoms with Gasteiger partial charge in [-0.15, -0.1) is 0 Å². The molecule has 1 saturated heterocycles. The molecule has 0 unspecified atom stereocenters. The van der Waals surface area contributed by atoms with Gasteiger partial charge in [0.15, 0.2) is 0 Å².